The van der Waals surface area contributed by atoms with Crippen molar-refractivity contribution < 1.29 is 23.9 Å². The molecule has 1 unspecified atom stereocenters. The van der Waals surface area contributed by atoms with Crippen molar-refractivity contribution in [3.05, 3.63) is 46.5 Å². The van der Waals surface area contributed by atoms with Gasteiger partial charge in [-0.3, -0.25) is 29.4 Å². The third-order valence-corrected chi connectivity index (χ3v) is 5.07. The van der Waals surface area contributed by atoms with Gasteiger partial charge in [0.2, 0.25) is 11.8 Å². The molecule has 4 amide bonds. The Bertz CT molecular complexity index is 985. The molecule has 32 heavy (non-hydrogen) atoms. The summed E-state index contributed by atoms with van der Waals surface area (Å²) in [6.07, 6.45) is 4.95. The van der Waals surface area contributed by atoms with E-state index in [-0.39, 0.29) is 18.5 Å². The van der Waals surface area contributed by atoms with Gasteiger partial charge in [0.15, 0.2) is 0 Å². The highest BCUT2D eigenvalue weighted by Gasteiger charge is 2.42. The number of amides is 4. The van der Waals surface area contributed by atoms with Crippen molar-refractivity contribution in [3.63, 3.8) is 0 Å². The number of benzene rings is 1. The Morgan fingerprint density at radius 2 is 2.00 bits per heavy atom. The van der Waals surface area contributed by atoms with Gasteiger partial charge in [0.1, 0.15) is 17.5 Å². The maximum Gasteiger partial charge on any atom is 0.278 e. The first kappa shape index (κ1) is 22.8. The van der Waals surface area contributed by atoms with Crippen molar-refractivity contribution in [1.29, 1.82) is 0 Å². The highest BCUT2D eigenvalue weighted by molar-refractivity contribution is 6.20. The number of nitrogens with one attached hydrogen (secondary N) is 2. The van der Waals surface area contributed by atoms with Gasteiger partial charge in [0.05, 0.1) is 6.61 Å². The van der Waals surface area contributed by atoms with Crippen LogP contribution in [0.3, 0.4) is 0 Å². The summed E-state index contributed by atoms with van der Waals surface area (Å²) in [4.78, 5) is 52.0. The van der Waals surface area contributed by atoms with Crippen molar-refractivity contribution in [2.24, 2.45) is 5.11 Å². The Kier molecular flexibility index (Phi) is 7.82. The van der Waals surface area contributed by atoms with Crippen LogP contribution < -0.4 is 15.4 Å². The summed E-state index contributed by atoms with van der Waals surface area (Å²) in [5.74, 6) is -1.66. The van der Waals surface area contributed by atoms with Gasteiger partial charge in [-0.25, -0.2) is 0 Å². The normalized spacial score (nSPS) is 18.2. The number of piperidine rings is 1. The number of ether oxygens (including phenoxy) is 1. The average Bonchev–Trinajstić information content (AvgIpc) is 3.03. The second kappa shape index (κ2) is 11.0. The number of carbonyl (C=O) groups is 4. The number of hydrogen-bond acceptors (Lipinski definition) is 7. The van der Waals surface area contributed by atoms with Gasteiger partial charge in [-0.05, 0) is 36.9 Å². The van der Waals surface area contributed by atoms with Crippen LogP contribution in [-0.2, 0) is 19.2 Å². The molecule has 11 nitrogen and oxygen atoms in total. The summed E-state index contributed by atoms with van der Waals surface area (Å²) in [5.41, 5.74) is 8.85. The molecule has 1 saturated heterocycles. The largest absolute Gasteiger partial charge is 0.494 e. The van der Waals surface area contributed by atoms with E-state index in [0.717, 1.165) is 36.7 Å². The Balaban J connectivity index is 1.51. The van der Waals surface area contributed by atoms with Gasteiger partial charge >= 0.3 is 0 Å². The van der Waals surface area contributed by atoms with Crippen molar-refractivity contribution in [2.75, 3.05) is 18.5 Å². The number of anilines is 1. The van der Waals surface area contributed by atoms with E-state index >= 15 is 0 Å². The molecule has 2 heterocycles. The lowest BCUT2D eigenvalue weighted by molar-refractivity contribution is -0.149. The lowest BCUT2D eigenvalue weighted by Crippen LogP contribution is -2.54. The molecule has 1 aromatic rings. The second-order valence-corrected chi connectivity index (χ2v) is 7.41. The van der Waals surface area contributed by atoms with Gasteiger partial charge in [-0.1, -0.05) is 24.0 Å². The fourth-order valence-corrected chi connectivity index (χ4v) is 3.49. The van der Waals surface area contributed by atoms with Crippen molar-refractivity contribution in [1.82, 2.24) is 10.2 Å². The Hall–Kier alpha value is -3.85. The first-order valence-corrected chi connectivity index (χ1v) is 10.4. The van der Waals surface area contributed by atoms with E-state index in [2.05, 4.69) is 20.7 Å². The van der Waals surface area contributed by atoms with Crippen LogP contribution in [-0.4, -0.2) is 47.7 Å². The van der Waals surface area contributed by atoms with Crippen molar-refractivity contribution in [2.45, 2.75) is 44.6 Å². The average molecular weight is 440 g/mol. The van der Waals surface area contributed by atoms with Gasteiger partial charge in [-0.2, -0.15) is 0 Å². The van der Waals surface area contributed by atoms with Gasteiger partial charge in [0, 0.05) is 35.7 Å². The smallest absolute Gasteiger partial charge is 0.278 e. The van der Waals surface area contributed by atoms with Gasteiger partial charge in [0.25, 0.3) is 11.8 Å². The monoisotopic (exact) mass is 440 g/mol. The molecule has 2 aliphatic rings. The Morgan fingerprint density at radius 3 is 2.78 bits per heavy atom. The number of hydrogen-bond donors (Lipinski definition) is 2. The van der Waals surface area contributed by atoms with Crippen LogP contribution in [0.5, 0.6) is 5.75 Å². The molecular weight excluding hydrogens is 416 g/mol. The fraction of sp³-hybridized carbons (Fsp3) is 0.429. The highest BCUT2D eigenvalue weighted by atomic mass is 16.5. The van der Waals surface area contributed by atoms with E-state index < -0.39 is 29.7 Å². The zero-order valence-corrected chi connectivity index (χ0v) is 17.5. The Morgan fingerprint density at radius 1 is 1.19 bits per heavy atom. The van der Waals surface area contributed by atoms with Crippen LogP contribution in [0.2, 0.25) is 0 Å². The predicted molar refractivity (Wildman–Crippen MR) is 114 cm³/mol. The first-order valence-electron chi connectivity index (χ1n) is 10.4. The molecule has 168 valence electrons. The molecule has 2 aliphatic heterocycles. The number of azide groups is 1. The minimum atomic E-state index is -0.996. The van der Waals surface area contributed by atoms with Crippen LogP contribution in [0.1, 0.15) is 38.5 Å². The molecule has 1 fully saturated rings. The molecule has 0 radical (unpaired) electrons. The standard InChI is InChI=1S/C21H24N6O5/c22-26-23-10-3-1-2-4-11-32-15-7-5-6-14(12-15)24-16-13-19(29)27(21(16)31)17-8-9-18(28)25-20(17)30/h5-7,12-13,17,24H,1-4,8-11H2,(H,25,28,30). The maximum absolute atomic E-state index is 12.7. The third-order valence-electron chi connectivity index (χ3n) is 5.07. The quantitative estimate of drug-likeness (QED) is 0.177. The Labute approximate surface area is 184 Å². The molecule has 0 saturated carbocycles. The predicted octanol–water partition coefficient (Wildman–Crippen LogP) is 2.41. The molecular formula is C21H24N6O5. The topological polar surface area (TPSA) is 154 Å². The highest BCUT2D eigenvalue weighted by Crippen LogP contribution is 2.24. The van der Waals surface area contributed by atoms with E-state index in [1.165, 1.54) is 0 Å². The van der Waals surface area contributed by atoms with Gasteiger partial charge in [-0.15, -0.1) is 0 Å². The van der Waals surface area contributed by atoms with E-state index in [1.807, 2.05) is 0 Å². The second-order valence-electron chi connectivity index (χ2n) is 7.41. The molecule has 0 aliphatic carbocycles. The molecule has 0 bridgehead atoms. The molecule has 3 rings (SSSR count). The van der Waals surface area contributed by atoms with E-state index in [9.17, 15) is 19.2 Å². The molecule has 0 aromatic heterocycles. The number of nitrogens with zero attached hydrogens (tertiary/aromatic N) is 4. The summed E-state index contributed by atoms with van der Waals surface area (Å²) < 4.78 is 5.74. The molecule has 11 heteroatoms. The SMILES string of the molecule is [N-]=[N+]=NCCCCCCOc1cccc(NC2=CC(=O)N(C3CCC(=O)NC3=O)C2=O)c1. The number of carbonyl (C=O) groups excluding carboxylic acids is 4. The lowest BCUT2D eigenvalue weighted by Gasteiger charge is -2.28. The fourth-order valence-electron chi connectivity index (χ4n) is 3.49. The summed E-state index contributed by atoms with van der Waals surface area (Å²) in [6, 6.07) is 6.00. The van der Waals surface area contributed by atoms with Gasteiger partial charge < -0.3 is 10.1 Å². The van der Waals surface area contributed by atoms with Crippen LogP contribution in [0.25, 0.3) is 10.4 Å². The molecule has 2 N–H and O–H groups in total. The number of imide groups is 2. The van der Waals surface area contributed by atoms with Crippen LogP contribution in [0.15, 0.2) is 41.2 Å². The molecule has 1 aromatic carbocycles. The zero-order valence-electron chi connectivity index (χ0n) is 17.5. The van der Waals surface area contributed by atoms with Crippen molar-refractivity contribution >= 4 is 29.3 Å². The summed E-state index contributed by atoms with van der Waals surface area (Å²) in [5, 5.41) is 8.57. The minimum Gasteiger partial charge on any atom is -0.494 e. The summed E-state index contributed by atoms with van der Waals surface area (Å²) in [6.45, 7) is 1.03. The van der Waals surface area contributed by atoms with Crippen LogP contribution in [0, 0.1) is 0 Å². The van der Waals surface area contributed by atoms with E-state index in [1.54, 1.807) is 24.3 Å². The van der Waals surface area contributed by atoms with E-state index in [0.29, 0.717) is 24.6 Å². The maximum atomic E-state index is 12.7. The van der Waals surface area contributed by atoms with Crippen molar-refractivity contribution in [3.8, 4) is 5.75 Å². The minimum absolute atomic E-state index is 0.0527. The number of rotatable bonds is 11. The van der Waals surface area contributed by atoms with Crippen LogP contribution >= 0.6 is 0 Å². The summed E-state index contributed by atoms with van der Waals surface area (Å²) in [7, 11) is 0. The zero-order chi connectivity index (χ0) is 22.9. The summed E-state index contributed by atoms with van der Waals surface area (Å²) >= 11 is 0. The molecule has 1 atom stereocenters. The molecule has 0 spiro atoms. The third kappa shape index (κ3) is 5.86. The van der Waals surface area contributed by atoms with E-state index in [4.69, 9.17) is 10.3 Å². The lowest BCUT2D eigenvalue weighted by atomic mass is 10.0. The first-order chi connectivity index (χ1) is 15.5. The number of unbranched alkanes of at least 4 members (excludes halogenated alkanes) is 3. The van der Waals surface area contributed by atoms with Crippen LogP contribution in [0.4, 0.5) is 5.69 Å².